The van der Waals surface area contributed by atoms with Gasteiger partial charge in [0, 0.05) is 0 Å². The molecule has 0 amide bonds. The van der Waals surface area contributed by atoms with Gasteiger partial charge in [-0.1, -0.05) is 20.3 Å². The fourth-order valence-corrected chi connectivity index (χ4v) is 0. The molecule has 0 fully saturated rings. The van der Waals surface area contributed by atoms with Crippen molar-refractivity contribution in [3.63, 3.8) is 0 Å². The van der Waals surface area contributed by atoms with Gasteiger partial charge in [-0.15, -0.1) is 0 Å². The minimum atomic E-state index is 0.750. The average Bonchev–Trinajstić information content (AvgIpc) is 1.46. The van der Waals surface area contributed by atoms with Crippen LogP contribution >= 0.6 is 0 Å². The van der Waals surface area contributed by atoms with Gasteiger partial charge in [0.1, 0.15) is 0 Å². The van der Waals surface area contributed by atoms with Crippen molar-refractivity contribution in [3.8, 4) is 0 Å². The molecule has 0 aliphatic carbocycles. The van der Waals surface area contributed by atoms with Crippen molar-refractivity contribution in [3.05, 3.63) is 0 Å². The molecule has 0 aromatic carbocycles. The molecule has 0 saturated carbocycles. The molecule has 0 heterocycles. The Balaban J connectivity index is 0. The van der Waals surface area contributed by atoms with Gasteiger partial charge >= 0.3 is 23.7 Å². The third kappa shape index (κ3) is 108. The standard InChI is InChI=1S/C3H8.O.Ti/c1-3-2;;/h3H2,1-2H3;;. The summed E-state index contributed by atoms with van der Waals surface area (Å²) in [6.45, 7) is 4.25. The first-order chi connectivity index (χ1) is 2.41. The zero-order valence-electron chi connectivity index (χ0n) is 3.62. The first-order valence-corrected chi connectivity index (χ1v) is 2.26. The number of rotatable bonds is 0. The summed E-state index contributed by atoms with van der Waals surface area (Å²) in [5.74, 6) is 0. The van der Waals surface area contributed by atoms with E-state index in [0.717, 1.165) is 20.4 Å². The molecule has 0 unspecified atom stereocenters. The van der Waals surface area contributed by atoms with Gasteiger partial charge < -0.3 is 0 Å². The second-order valence-electron chi connectivity index (χ2n) is 0.707. The molecule has 0 aromatic rings. The molecule has 30 valence electrons. The summed E-state index contributed by atoms with van der Waals surface area (Å²) >= 11 is 0.750. The first kappa shape index (κ1) is 9.10. The number of hydrogen-bond acceptors (Lipinski definition) is 1. The molecule has 0 aromatic heterocycles. The molecule has 0 aliphatic heterocycles. The van der Waals surface area contributed by atoms with Crippen LogP contribution < -0.4 is 0 Å². The van der Waals surface area contributed by atoms with E-state index in [1.54, 1.807) is 0 Å². The van der Waals surface area contributed by atoms with E-state index in [1.165, 1.54) is 6.42 Å². The van der Waals surface area contributed by atoms with Crippen molar-refractivity contribution in [1.29, 1.82) is 0 Å². The predicted molar refractivity (Wildman–Crippen MR) is 16.7 cm³/mol. The Bertz CT molecular complexity index is 10.9. The van der Waals surface area contributed by atoms with Gasteiger partial charge in [0.25, 0.3) is 0 Å². The van der Waals surface area contributed by atoms with E-state index in [-0.39, 0.29) is 0 Å². The molecule has 0 spiro atoms. The van der Waals surface area contributed by atoms with Gasteiger partial charge in [-0.25, -0.2) is 0 Å². The number of hydrogen-bond donors (Lipinski definition) is 0. The van der Waals surface area contributed by atoms with Gasteiger partial charge in [-0.05, 0) is 0 Å². The normalized spacial score (nSPS) is 4.20. The fraction of sp³-hybridized carbons (Fsp3) is 1.00. The Morgan fingerprint density at radius 1 is 1.40 bits per heavy atom. The van der Waals surface area contributed by atoms with Gasteiger partial charge in [0.15, 0.2) is 0 Å². The van der Waals surface area contributed by atoms with Crippen molar-refractivity contribution < 1.29 is 23.7 Å². The van der Waals surface area contributed by atoms with Crippen LogP contribution in [-0.2, 0) is 23.7 Å². The molecule has 5 heavy (non-hydrogen) atoms. The van der Waals surface area contributed by atoms with Crippen LogP contribution in [0.15, 0.2) is 0 Å². The monoisotopic (exact) mass is 108 g/mol. The van der Waals surface area contributed by atoms with Crippen LogP contribution in [0, 0.1) is 0 Å². The van der Waals surface area contributed by atoms with Crippen LogP contribution in [-0.4, -0.2) is 0 Å². The summed E-state index contributed by atoms with van der Waals surface area (Å²) in [6, 6.07) is 0. The average molecular weight is 108 g/mol. The van der Waals surface area contributed by atoms with Crippen LogP contribution in [0.25, 0.3) is 0 Å². The van der Waals surface area contributed by atoms with Crippen molar-refractivity contribution in [2.24, 2.45) is 0 Å². The molecular weight excluding hydrogens is 99.9 g/mol. The van der Waals surface area contributed by atoms with Crippen LogP contribution in [0.5, 0.6) is 0 Å². The Morgan fingerprint density at radius 2 is 1.40 bits per heavy atom. The molecule has 0 N–H and O–H groups in total. The van der Waals surface area contributed by atoms with Crippen molar-refractivity contribution >= 4 is 0 Å². The maximum absolute atomic E-state index is 8.25. The minimum absolute atomic E-state index is 0.750. The van der Waals surface area contributed by atoms with Crippen LogP contribution in [0.1, 0.15) is 20.3 Å². The predicted octanol–water partition coefficient (Wildman–Crippen LogP) is 1.29. The summed E-state index contributed by atoms with van der Waals surface area (Å²) in [5.41, 5.74) is 0. The molecule has 1 nitrogen and oxygen atoms in total. The molecule has 0 atom stereocenters. The van der Waals surface area contributed by atoms with Gasteiger partial charge in [-0.2, -0.15) is 0 Å². The van der Waals surface area contributed by atoms with Crippen molar-refractivity contribution in [1.82, 2.24) is 0 Å². The van der Waals surface area contributed by atoms with Gasteiger partial charge in [-0.3, -0.25) is 0 Å². The maximum atomic E-state index is 8.25. The topological polar surface area (TPSA) is 17.1 Å². The first-order valence-electron chi connectivity index (χ1n) is 1.62. The van der Waals surface area contributed by atoms with Crippen LogP contribution in [0.4, 0.5) is 0 Å². The molecule has 2 heteroatoms. The summed E-state index contributed by atoms with van der Waals surface area (Å²) in [6.07, 6.45) is 1.25. The Morgan fingerprint density at radius 3 is 1.40 bits per heavy atom. The second-order valence-corrected chi connectivity index (χ2v) is 0.707. The van der Waals surface area contributed by atoms with E-state index in [1.807, 2.05) is 0 Å². The van der Waals surface area contributed by atoms with Crippen molar-refractivity contribution in [2.75, 3.05) is 0 Å². The molecule has 0 aliphatic rings. The van der Waals surface area contributed by atoms with Gasteiger partial charge in [0.05, 0.1) is 0 Å². The summed E-state index contributed by atoms with van der Waals surface area (Å²) < 4.78 is 8.25. The fourth-order valence-electron chi connectivity index (χ4n) is 0. The third-order valence-electron chi connectivity index (χ3n) is 0. The SMILES string of the molecule is CCC.[O]=[Ti]. The molecule has 0 bridgehead atoms. The summed E-state index contributed by atoms with van der Waals surface area (Å²) in [4.78, 5) is 0. The Labute approximate surface area is 44.5 Å². The van der Waals surface area contributed by atoms with Crippen LogP contribution in [0.3, 0.4) is 0 Å². The summed E-state index contributed by atoms with van der Waals surface area (Å²) in [7, 11) is 0. The Kier molecular flexibility index (Phi) is 44.2. The molecular formula is C3H8OTi. The third-order valence-corrected chi connectivity index (χ3v) is 0. The summed E-state index contributed by atoms with van der Waals surface area (Å²) in [5, 5.41) is 0. The van der Waals surface area contributed by atoms with E-state index in [4.69, 9.17) is 3.32 Å². The van der Waals surface area contributed by atoms with Crippen molar-refractivity contribution in [2.45, 2.75) is 20.3 Å². The van der Waals surface area contributed by atoms with E-state index >= 15 is 0 Å². The Hall–Kier alpha value is 0.514. The molecule has 0 radical (unpaired) electrons. The zero-order valence-corrected chi connectivity index (χ0v) is 5.18. The molecule has 0 saturated heterocycles. The van der Waals surface area contributed by atoms with E-state index in [2.05, 4.69) is 13.8 Å². The van der Waals surface area contributed by atoms with E-state index < -0.39 is 0 Å². The van der Waals surface area contributed by atoms with E-state index in [9.17, 15) is 0 Å². The molecule has 0 rings (SSSR count). The zero-order chi connectivity index (χ0) is 4.71. The quantitative estimate of drug-likeness (QED) is 0.427. The van der Waals surface area contributed by atoms with E-state index in [0.29, 0.717) is 0 Å². The van der Waals surface area contributed by atoms with Crippen LogP contribution in [0.2, 0.25) is 0 Å². The second kappa shape index (κ2) is 24.3. The van der Waals surface area contributed by atoms with Gasteiger partial charge in [0.2, 0.25) is 0 Å².